The monoisotopic (exact) mass is 470 g/mol. The number of methoxy groups -OCH3 is 1. The van der Waals surface area contributed by atoms with Gasteiger partial charge >= 0.3 is 5.97 Å². The van der Waals surface area contributed by atoms with E-state index in [2.05, 4.69) is 26.2 Å². The number of amides is 2. The summed E-state index contributed by atoms with van der Waals surface area (Å²) in [5.41, 5.74) is 0. The van der Waals surface area contributed by atoms with Crippen LogP contribution in [-0.4, -0.2) is 51.8 Å². The van der Waals surface area contributed by atoms with E-state index >= 15 is 0 Å². The highest BCUT2D eigenvalue weighted by Crippen LogP contribution is 2.27. The van der Waals surface area contributed by atoms with Crippen LogP contribution >= 0.6 is 27.3 Å². The number of hydrogen-bond donors (Lipinski definition) is 1. The van der Waals surface area contributed by atoms with E-state index in [1.807, 2.05) is 24.4 Å². The largest absolute Gasteiger partial charge is 0.469 e. The van der Waals surface area contributed by atoms with Gasteiger partial charge in [0, 0.05) is 12.7 Å². The van der Waals surface area contributed by atoms with Gasteiger partial charge < -0.3 is 15.0 Å². The Bertz CT molecular complexity index is 862. The van der Waals surface area contributed by atoms with Crippen molar-refractivity contribution < 1.29 is 19.1 Å². The minimum Gasteiger partial charge on any atom is -0.469 e. The number of hydrogen-bond acceptors (Lipinski definition) is 6. The molecule has 152 valence electrons. The van der Waals surface area contributed by atoms with E-state index in [9.17, 15) is 14.4 Å². The van der Waals surface area contributed by atoms with Gasteiger partial charge in [-0.25, -0.2) is 4.98 Å². The molecular formula is C18H23BrN4O4S. The highest BCUT2D eigenvalue weighted by molar-refractivity contribution is 9.11. The Balaban J connectivity index is 1.71. The van der Waals surface area contributed by atoms with E-state index in [4.69, 9.17) is 4.74 Å². The second-order valence-corrected chi connectivity index (χ2v) is 9.55. The zero-order valence-electron chi connectivity index (χ0n) is 16.0. The van der Waals surface area contributed by atoms with Crippen LogP contribution in [-0.2, 0) is 19.1 Å². The number of halogens is 1. The van der Waals surface area contributed by atoms with Gasteiger partial charge in [0.15, 0.2) is 10.8 Å². The molecule has 2 aromatic rings. The molecule has 0 radical (unpaired) electrons. The molecule has 1 aliphatic heterocycles. The number of anilines is 1. The lowest BCUT2D eigenvalue weighted by Gasteiger charge is -2.29. The van der Waals surface area contributed by atoms with E-state index in [1.54, 1.807) is 11.1 Å². The lowest BCUT2D eigenvalue weighted by Crippen LogP contribution is -2.47. The first-order chi connectivity index (χ1) is 13.3. The van der Waals surface area contributed by atoms with Crippen LogP contribution in [0.25, 0.3) is 4.96 Å². The molecule has 1 N–H and O–H groups in total. The quantitative estimate of drug-likeness (QED) is 0.655. The number of ether oxygens (including phenoxy) is 1. The first-order valence-corrected chi connectivity index (χ1v) is 10.7. The molecule has 3 rings (SSSR count). The molecule has 2 aromatic heterocycles. The number of rotatable bonds is 6. The summed E-state index contributed by atoms with van der Waals surface area (Å²) >= 11 is 4.86. The van der Waals surface area contributed by atoms with E-state index in [-0.39, 0.29) is 24.2 Å². The van der Waals surface area contributed by atoms with Crippen LogP contribution in [0.15, 0.2) is 16.2 Å². The number of likely N-dealkylation sites (tertiary alicyclic amines) is 1. The molecule has 10 heteroatoms. The second kappa shape index (κ2) is 8.60. The Morgan fingerprint density at radius 2 is 2.14 bits per heavy atom. The molecule has 0 unspecified atom stereocenters. The number of carbonyl (C=O) groups excluding carboxylic acids is 3. The topological polar surface area (TPSA) is 93.0 Å². The Morgan fingerprint density at radius 3 is 2.79 bits per heavy atom. The number of imidazole rings is 1. The van der Waals surface area contributed by atoms with Gasteiger partial charge in [0.1, 0.15) is 6.04 Å². The third-order valence-corrected chi connectivity index (χ3v) is 6.43. The standard InChI is InChI=1S/C18H23BrN4O4S/c1-10(2)11(7-15(24)27-3)17(26)23-6-4-5-12(23)16(25)20-14-9-22-8-13(19)28-18(22)21-14/h8-12H,4-7H2,1-3H3,(H,20,25)/t11-,12-/m0/s1. The average molecular weight is 471 g/mol. The number of fused-ring (bicyclic) bond motifs is 1. The van der Waals surface area contributed by atoms with Gasteiger partial charge in [-0.05, 0) is 34.7 Å². The van der Waals surface area contributed by atoms with Crippen LogP contribution < -0.4 is 5.32 Å². The van der Waals surface area contributed by atoms with Crippen molar-refractivity contribution in [2.45, 2.75) is 39.2 Å². The highest BCUT2D eigenvalue weighted by Gasteiger charge is 2.39. The van der Waals surface area contributed by atoms with Crippen molar-refractivity contribution in [3.8, 4) is 0 Å². The summed E-state index contributed by atoms with van der Waals surface area (Å²) in [5.74, 6) is -0.927. The fourth-order valence-corrected chi connectivity index (χ4v) is 4.77. The Hall–Kier alpha value is -1.94. The zero-order chi connectivity index (χ0) is 20.4. The van der Waals surface area contributed by atoms with Crippen LogP contribution in [0.3, 0.4) is 0 Å². The van der Waals surface area contributed by atoms with Crippen LogP contribution in [0.4, 0.5) is 5.82 Å². The third kappa shape index (κ3) is 4.38. The molecule has 28 heavy (non-hydrogen) atoms. The summed E-state index contributed by atoms with van der Waals surface area (Å²) in [4.78, 5) is 44.3. The van der Waals surface area contributed by atoms with Crippen molar-refractivity contribution in [3.05, 3.63) is 16.2 Å². The lowest BCUT2D eigenvalue weighted by atomic mass is 9.90. The summed E-state index contributed by atoms with van der Waals surface area (Å²) in [6, 6.07) is -0.558. The molecule has 3 heterocycles. The van der Waals surface area contributed by atoms with Crippen molar-refractivity contribution in [2.24, 2.45) is 11.8 Å². The normalized spacial score (nSPS) is 17.9. The smallest absolute Gasteiger partial charge is 0.306 e. The molecule has 0 saturated carbocycles. The molecular weight excluding hydrogens is 448 g/mol. The first kappa shape index (κ1) is 20.8. The fraction of sp³-hybridized carbons (Fsp3) is 0.556. The molecule has 0 bridgehead atoms. The van der Waals surface area contributed by atoms with Gasteiger partial charge in [0.05, 0.1) is 29.4 Å². The molecule has 0 aliphatic carbocycles. The van der Waals surface area contributed by atoms with Crippen molar-refractivity contribution in [2.75, 3.05) is 19.0 Å². The predicted octanol–water partition coefficient (Wildman–Crippen LogP) is 2.92. The first-order valence-electron chi connectivity index (χ1n) is 9.12. The van der Waals surface area contributed by atoms with E-state index in [0.717, 1.165) is 15.2 Å². The van der Waals surface area contributed by atoms with Crippen LogP contribution in [0, 0.1) is 11.8 Å². The maximum Gasteiger partial charge on any atom is 0.306 e. The van der Waals surface area contributed by atoms with Gasteiger partial charge in [0.2, 0.25) is 11.8 Å². The molecule has 0 spiro atoms. The molecule has 8 nitrogen and oxygen atoms in total. The highest BCUT2D eigenvalue weighted by atomic mass is 79.9. The van der Waals surface area contributed by atoms with Gasteiger partial charge in [-0.3, -0.25) is 18.8 Å². The molecule has 2 atom stereocenters. The number of aromatic nitrogens is 2. The van der Waals surface area contributed by atoms with Crippen LogP contribution in [0.5, 0.6) is 0 Å². The molecule has 1 aliphatic rings. The summed E-state index contributed by atoms with van der Waals surface area (Å²) in [5, 5.41) is 2.82. The Morgan fingerprint density at radius 1 is 1.39 bits per heavy atom. The number of nitrogens with zero attached hydrogens (tertiary/aromatic N) is 3. The molecule has 1 fully saturated rings. The van der Waals surface area contributed by atoms with Gasteiger partial charge in [-0.2, -0.15) is 0 Å². The number of nitrogens with one attached hydrogen (secondary N) is 1. The van der Waals surface area contributed by atoms with E-state index < -0.39 is 17.9 Å². The number of thiazole rings is 1. The van der Waals surface area contributed by atoms with E-state index in [1.165, 1.54) is 18.4 Å². The van der Waals surface area contributed by atoms with Crippen molar-refractivity contribution in [1.29, 1.82) is 0 Å². The summed E-state index contributed by atoms with van der Waals surface area (Å²) < 4.78 is 7.50. The average Bonchev–Trinajstić information content (AvgIpc) is 3.32. The SMILES string of the molecule is COC(=O)C[C@H](C(=O)N1CCC[C@H]1C(=O)Nc1cn2cc(Br)sc2n1)C(C)C. The summed E-state index contributed by atoms with van der Waals surface area (Å²) in [6.07, 6.45) is 4.97. The molecule has 2 amide bonds. The Labute approximate surface area is 175 Å². The number of carbonyl (C=O) groups is 3. The predicted molar refractivity (Wildman–Crippen MR) is 109 cm³/mol. The minimum atomic E-state index is -0.558. The summed E-state index contributed by atoms with van der Waals surface area (Å²) in [6.45, 7) is 4.30. The third-order valence-electron chi connectivity index (χ3n) is 4.95. The maximum absolute atomic E-state index is 13.1. The van der Waals surface area contributed by atoms with Gasteiger partial charge in [-0.15, -0.1) is 0 Å². The van der Waals surface area contributed by atoms with Crippen molar-refractivity contribution >= 4 is 55.8 Å². The van der Waals surface area contributed by atoms with E-state index in [0.29, 0.717) is 18.8 Å². The fourth-order valence-electron chi connectivity index (χ4n) is 3.42. The molecule has 0 aromatic carbocycles. The van der Waals surface area contributed by atoms with Crippen LogP contribution in [0.2, 0.25) is 0 Å². The van der Waals surface area contributed by atoms with Gasteiger partial charge in [0.25, 0.3) is 0 Å². The Kier molecular flexibility index (Phi) is 6.39. The van der Waals surface area contributed by atoms with Gasteiger partial charge in [-0.1, -0.05) is 25.2 Å². The summed E-state index contributed by atoms with van der Waals surface area (Å²) in [7, 11) is 1.31. The van der Waals surface area contributed by atoms with Crippen molar-refractivity contribution in [3.63, 3.8) is 0 Å². The minimum absolute atomic E-state index is 0.0179. The molecule has 1 saturated heterocycles. The second-order valence-electron chi connectivity index (χ2n) is 7.16. The van der Waals surface area contributed by atoms with Crippen molar-refractivity contribution in [1.82, 2.24) is 14.3 Å². The number of esters is 1. The van der Waals surface area contributed by atoms with Crippen LogP contribution in [0.1, 0.15) is 33.1 Å². The lowest BCUT2D eigenvalue weighted by molar-refractivity contribution is -0.149. The zero-order valence-corrected chi connectivity index (χ0v) is 18.4. The maximum atomic E-state index is 13.1.